The maximum absolute atomic E-state index is 11.9. The van der Waals surface area contributed by atoms with E-state index >= 15 is 0 Å². The van der Waals surface area contributed by atoms with Crippen LogP contribution in [-0.4, -0.2) is 56.9 Å². The van der Waals surface area contributed by atoms with Crippen LogP contribution in [0.25, 0.3) is 0 Å². The number of nitrogens with zero attached hydrogens (tertiary/aromatic N) is 1. The van der Waals surface area contributed by atoms with Gasteiger partial charge >= 0.3 is 0 Å². The third-order valence-corrected chi connectivity index (χ3v) is 3.39. The van der Waals surface area contributed by atoms with Crippen LogP contribution in [0, 0.1) is 0 Å². The summed E-state index contributed by atoms with van der Waals surface area (Å²) in [5.74, 6) is -0.236. The SMILES string of the molecule is COCC(N)C(=O)Nc1cccc(CN2CCOCC2)c1. The van der Waals surface area contributed by atoms with Gasteiger partial charge in [0.1, 0.15) is 6.04 Å². The minimum atomic E-state index is -0.655. The van der Waals surface area contributed by atoms with Gasteiger partial charge in [-0.15, -0.1) is 0 Å². The number of anilines is 1. The highest BCUT2D eigenvalue weighted by Crippen LogP contribution is 2.13. The smallest absolute Gasteiger partial charge is 0.243 e. The molecule has 1 aromatic rings. The molecule has 6 nitrogen and oxygen atoms in total. The van der Waals surface area contributed by atoms with Crippen molar-refractivity contribution in [3.8, 4) is 0 Å². The second kappa shape index (κ2) is 8.09. The normalized spacial score (nSPS) is 17.4. The molecule has 2 rings (SSSR count). The number of morpholine rings is 1. The summed E-state index contributed by atoms with van der Waals surface area (Å²) in [5, 5.41) is 2.82. The standard InChI is InChI=1S/C15H23N3O3/c1-20-11-14(16)15(19)17-13-4-2-3-12(9-13)10-18-5-7-21-8-6-18/h2-4,9,14H,5-8,10-11,16H2,1H3,(H,17,19). The topological polar surface area (TPSA) is 76.8 Å². The van der Waals surface area contributed by atoms with E-state index in [0.29, 0.717) is 0 Å². The lowest BCUT2D eigenvalue weighted by atomic mass is 10.1. The summed E-state index contributed by atoms with van der Waals surface area (Å²) in [6.45, 7) is 4.51. The Morgan fingerprint density at radius 3 is 2.95 bits per heavy atom. The predicted molar refractivity (Wildman–Crippen MR) is 81.0 cm³/mol. The van der Waals surface area contributed by atoms with Gasteiger partial charge in [-0.25, -0.2) is 0 Å². The quantitative estimate of drug-likeness (QED) is 0.795. The zero-order valence-electron chi connectivity index (χ0n) is 12.4. The zero-order valence-corrected chi connectivity index (χ0v) is 12.4. The van der Waals surface area contributed by atoms with Gasteiger partial charge in [-0.05, 0) is 17.7 Å². The molecule has 1 aromatic carbocycles. The summed E-state index contributed by atoms with van der Waals surface area (Å²) in [6, 6.07) is 7.18. The van der Waals surface area contributed by atoms with Crippen molar-refractivity contribution in [2.45, 2.75) is 12.6 Å². The minimum Gasteiger partial charge on any atom is -0.383 e. The first-order valence-corrected chi connectivity index (χ1v) is 7.13. The van der Waals surface area contributed by atoms with E-state index in [-0.39, 0.29) is 12.5 Å². The van der Waals surface area contributed by atoms with Crippen LogP contribution in [0.3, 0.4) is 0 Å². The van der Waals surface area contributed by atoms with E-state index in [0.717, 1.165) is 44.1 Å². The fourth-order valence-corrected chi connectivity index (χ4v) is 2.26. The Morgan fingerprint density at radius 2 is 2.24 bits per heavy atom. The summed E-state index contributed by atoms with van der Waals surface area (Å²) in [5.41, 5.74) is 7.63. The number of nitrogens with two attached hydrogens (primary N) is 1. The van der Waals surface area contributed by atoms with Crippen LogP contribution in [0.15, 0.2) is 24.3 Å². The number of nitrogens with one attached hydrogen (secondary N) is 1. The number of methoxy groups -OCH3 is 1. The Hall–Kier alpha value is -1.47. The van der Waals surface area contributed by atoms with Crippen LogP contribution >= 0.6 is 0 Å². The highest BCUT2D eigenvalue weighted by molar-refractivity contribution is 5.94. The van der Waals surface area contributed by atoms with E-state index in [4.69, 9.17) is 15.2 Å². The molecular formula is C15H23N3O3. The van der Waals surface area contributed by atoms with Gasteiger partial charge in [-0.3, -0.25) is 9.69 Å². The van der Waals surface area contributed by atoms with Crippen molar-refractivity contribution in [1.82, 2.24) is 4.90 Å². The number of ether oxygens (including phenoxy) is 2. The first kappa shape index (κ1) is 15.9. The van der Waals surface area contributed by atoms with Crippen molar-refractivity contribution < 1.29 is 14.3 Å². The van der Waals surface area contributed by atoms with Gasteiger partial charge in [0, 0.05) is 32.4 Å². The molecule has 0 saturated carbocycles. The molecule has 1 aliphatic heterocycles. The van der Waals surface area contributed by atoms with Crippen molar-refractivity contribution in [1.29, 1.82) is 0 Å². The van der Waals surface area contributed by atoms with Gasteiger partial charge < -0.3 is 20.5 Å². The predicted octanol–water partition coefficient (Wildman–Crippen LogP) is 0.431. The van der Waals surface area contributed by atoms with Crippen LogP contribution < -0.4 is 11.1 Å². The van der Waals surface area contributed by atoms with Gasteiger partial charge in [-0.2, -0.15) is 0 Å². The summed E-state index contributed by atoms with van der Waals surface area (Å²) < 4.78 is 10.2. The average Bonchev–Trinajstić information content (AvgIpc) is 2.49. The fourth-order valence-electron chi connectivity index (χ4n) is 2.26. The van der Waals surface area contributed by atoms with Crippen LogP contribution in [0.1, 0.15) is 5.56 Å². The molecule has 0 aromatic heterocycles. The molecule has 1 atom stereocenters. The van der Waals surface area contributed by atoms with Gasteiger partial charge in [-0.1, -0.05) is 12.1 Å². The minimum absolute atomic E-state index is 0.208. The molecule has 0 radical (unpaired) electrons. The molecule has 6 heteroatoms. The first-order valence-electron chi connectivity index (χ1n) is 7.13. The van der Waals surface area contributed by atoms with Crippen molar-refractivity contribution >= 4 is 11.6 Å². The molecule has 1 heterocycles. The van der Waals surface area contributed by atoms with Crippen LogP contribution in [0.2, 0.25) is 0 Å². The lowest BCUT2D eigenvalue weighted by molar-refractivity contribution is -0.118. The molecule has 1 amide bonds. The Morgan fingerprint density at radius 1 is 1.48 bits per heavy atom. The summed E-state index contributed by atoms with van der Waals surface area (Å²) in [7, 11) is 1.52. The summed E-state index contributed by atoms with van der Waals surface area (Å²) in [6.07, 6.45) is 0. The lowest BCUT2D eigenvalue weighted by Gasteiger charge is -2.26. The van der Waals surface area contributed by atoms with Crippen molar-refractivity contribution in [2.24, 2.45) is 5.73 Å². The lowest BCUT2D eigenvalue weighted by Crippen LogP contribution is -2.39. The third kappa shape index (κ3) is 5.09. The number of rotatable bonds is 6. The van der Waals surface area contributed by atoms with Crippen LogP contribution in [0.4, 0.5) is 5.69 Å². The van der Waals surface area contributed by atoms with Crippen LogP contribution in [0.5, 0.6) is 0 Å². The maximum atomic E-state index is 11.9. The van der Waals surface area contributed by atoms with E-state index in [9.17, 15) is 4.79 Å². The van der Waals surface area contributed by atoms with Crippen molar-refractivity contribution in [3.05, 3.63) is 29.8 Å². The maximum Gasteiger partial charge on any atom is 0.243 e. The molecule has 21 heavy (non-hydrogen) atoms. The molecule has 0 spiro atoms. The second-order valence-electron chi connectivity index (χ2n) is 5.14. The monoisotopic (exact) mass is 293 g/mol. The fraction of sp³-hybridized carbons (Fsp3) is 0.533. The first-order chi connectivity index (χ1) is 10.2. The number of benzene rings is 1. The Kier molecular flexibility index (Phi) is 6.13. The molecule has 116 valence electrons. The molecule has 3 N–H and O–H groups in total. The van der Waals surface area contributed by atoms with Gasteiger partial charge in [0.15, 0.2) is 0 Å². The van der Waals surface area contributed by atoms with E-state index in [1.807, 2.05) is 18.2 Å². The Labute approximate surface area is 125 Å². The molecule has 1 fully saturated rings. The van der Waals surface area contributed by atoms with E-state index in [1.54, 1.807) is 0 Å². The van der Waals surface area contributed by atoms with Gasteiger partial charge in [0.25, 0.3) is 0 Å². The molecular weight excluding hydrogens is 270 g/mol. The third-order valence-electron chi connectivity index (χ3n) is 3.39. The van der Waals surface area contributed by atoms with Crippen molar-refractivity contribution in [3.63, 3.8) is 0 Å². The van der Waals surface area contributed by atoms with Gasteiger partial charge in [0.2, 0.25) is 5.91 Å². The largest absolute Gasteiger partial charge is 0.383 e. The molecule has 0 bridgehead atoms. The Balaban J connectivity index is 1.92. The number of hydrogen-bond donors (Lipinski definition) is 2. The number of carbonyl (C=O) groups is 1. The van der Waals surface area contributed by atoms with Gasteiger partial charge in [0.05, 0.1) is 19.8 Å². The van der Waals surface area contributed by atoms with Crippen LogP contribution in [-0.2, 0) is 20.8 Å². The van der Waals surface area contributed by atoms with E-state index in [1.165, 1.54) is 7.11 Å². The highest BCUT2D eigenvalue weighted by atomic mass is 16.5. The molecule has 1 aliphatic rings. The second-order valence-corrected chi connectivity index (χ2v) is 5.14. The van der Waals surface area contributed by atoms with Crippen molar-refractivity contribution in [2.75, 3.05) is 45.3 Å². The summed E-state index contributed by atoms with van der Waals surface area (Å²) in [4.78, 5) is 14.2. The number of hydrogen-bond acceptors (Lipinski definition) is 5. The highest BCUT2D eigenvalue weighted by Gasteiger charge is 2.14. The molecule has 1 unspecified atom stereocenters. The molecule has 1 saturated heterocycles. The van der Waals surface area contributed by atoms with E-state index < -0.39 is 6.04 Å². The number of amides is 1. The average molecular weight is 293 g/mol. The Bertz CT molecular complexity index is 461. The number of carbonyl (C=O) groups excluding carboxylic acids is 1. The zero-order chi connectivity index (χ0) is 15.1. The summed E-state index contributed by atoms with van der Waals surface area (Å²) >= 11 is 0. The molecule has 0 aliphatic carbocycles. The van der Waals surface area contributed by atoms with E-state index in [2.05, 4.69) is 16.3 Å².